The van der Waals surface area contributed by atoms with Crippen LogP contribution in [0.25, 0.3) is 0 Å². The van der Waals surface area contributed by atoms with Gasteiger partial charge >= 0.3 is 0 Å². The van der Waals surface area contributed by atoms with Crippen LogP contribution in [0.3, 0.4) is 0 Å². The molecule has 0 spiro atoms. The van der Waals surface area contributed by atoms with Crippen molar-refractivity contribution in [2.24, 2.45) is 0 Å². The van der Waals surface area contributed by atoms with E-state index in [0.29, 0.717) is 12.8 Å². The van der Waals surface area contributed by atoms with Gasteiger partial charge in [-0.15, -0.1) is 0 Å². The molecule has 0 bridgehead atoms. The van der Waals surface area contributed by atoms with Gasteiger partial charge in [-0.3, -0.25) is 9.08 Å². The molecule has 0 saturated carbocycles. The number of aliphatic hydroxyl groups is 2. The van der Waals surface area contributed by atoms with Gasteiger partial charge in [-0.25, -0.2) is 0 Å². The fourth-order valence-electron chi connectivity index (χ4n) is 13.6. The molecule has 0 aromatic heterocycles. The number of unbranched alkanes of at least 4 members (excludes halogenated alkanes) is 38. The van der Waals surface area contributed by atoms with Crippen LogP contribution in [0.1, 0.15) is 406 Å². The molecule has 0 atom stereocenters. The maximum atomic E-state index is 12.6. The first kappa shape index (κ1) is 95.9. The smallest absolute Gasteiger partial charge is 0.296 e. The molecule has 0 radical (unpaired) electrons. The predicted molar refractivity (Wildman–Crippen MR) is 445 cm³/mol. The van der Waals surface area contributed by atoms with Crippen molar-refractivity contribution in [1.82, 2.24) is 4.90 Å². The maximum absolute atomic E-state index is 12.6. The van der Waals surface area contributed by atoms with Crippen molar-refractivity contribution in [3.63, 3.8) is 0 Å². The fraction of sp³-hybridized carbons (Fsp3) is 0.763. The van der Waals surface area contributed by atoms with Gasteiger partial charge in [0.15, 0.2) is 0 Å². The van der Waals surface area contributed by atoms with Crippen molar-refractivity contribution in [1.29, 1.82) is 0 Å². The Morgan fingerprint density at radius 1 is 0.347 bits per heavy atom. The highest BCUT2D eigenvalue weighted by Gasteiger charge is 2.27. The average Bonchev–Trinajstić information content (AvgIpc) is 0.997. The van der Waals surface area contributed by atoms with Crippen LogP contribution < -0.4 is 0 Å². The van der Waals surface area contributed by atoms with E-state index in [9.17, 15) is 18.6 Å². The second-order valence-electron chi connectivity index (χ2n) is 30.2. The normalized spacial score (nSPS) is 13.9. The molecule has 1 aromatic rings. The van der Waals surface area contributed by atoms with E-state index in [1.807, 2.05) is 6.92 Å². The number of ether oxygens (including phenoxy) is 1. The first-order valence-corrected chi connectivity index (χ1v) is 44.8. The summed E-state index contributed by atoms with van der Waals surface area (Å²) in [7, 11) is -3.75. The number of aryl methyl sites for hydroxylation is 1. The molecular formula is C93H165NO6S. The van der Waals surface area contributed by atoms with Gasteiger partial charge < -0.3 is 14.9 Å². The van der Waals surface area contributed by atoms with Crippen LogP contribution >= 0.6 is 0 Å². The zero-order valence-corrected chi connectivity index (χ0v) is 68.0. The van der Waals surface area contributed by atoms with Crippen molar-refractivity contribution in [3.8, 4) is 0 Å². The number of allylic oxidation sites excluding steroid dienone is 16. The quantitative estimate of drug-likeness (QED) is 0.0381. The molecule has 8 heteroatoms. The van der Waals surface area contributed by atoms with E-state index >= 15 is 0 Å². The van der Waals surface area contributed by atoms with Gasteiger partial charge in [0.05, 0.1) is 35.9 Å². The minimum absolute atomic E-state index is 0.155. The summed E-state index contributed by atoms with van der Waals surface area (Å²) in [6, 6.07) is 6.78. The van der Waals surface area contributed by atoms with Crippen LogP contribution in [-0.4, -0.2) is 74.2 Å². The zero-order chi connectivity index (χ0) is 73.0. The Kier molecular flexibility index (Phi) is 70.0. The minimum atomic E-state index is -3.75. The third-order valence-electron chi connectivity index (χ3n) is 20.4. The summed E-state index contributed by atoms with van der Waals surface area (Å²) in [4.78, 5) is 2.74. The summed E-state index contributed by atoms with van der Waals surface area (Å²) >= 11 is 0. The van der Waals surface area contributed by atoms with Gasteiger partial charge in [0, 0.05) is 13.1 Å². The molecule has 1 aliphatic rings. The van der Waals surface area contributed by atoms with E-state index in [1.165, 1.54) is 276 Å². The first-order chi connectivity index (χ1) is 49.5. The standard InChI is InChI=1S/C48H82O4S.C45H83NO2/c1-4-6-8-10-12-14-16-18-20-22-24-26-28-30-32-34-42-48(49,44-36-37-45-52-53(50,51)47-40-38-46(3)39-41-47)43-35-33-31-29-27-25-23-21-19-17-15-13-11-9-7-5-2;1-3-5-7-9-11-13-15-17-19-21-23-25-27-29-31-33-37-45(47,39-35-36-40-46-41-43-48-44-42-46)38-34-32-30-28-26-24-22-20-18-16-14-12-10-8-6-4-2/h12-15,18-21,38-41,49H,4-11,16-17,22-37,42-45H2,1-3H3;11-14,17-20,47H,3-10,15-16,21-44H2,1-2H3/b14-12-,15-13-,20-18-,21-19-;13-11-,14-12-,19-17-,20-18-. The zero-order valence-electron chi connectivity index (χ0n) is 67.2. The van der Waals surface area contributed by atoms with E-state index in [0.717, 1.165) is 122 Å². The topological polar surface area (TPSA) is 96.3 Å². The van der Waals surface area contributed by atoms with Crippen LogP contribution in [0.5, 0.6) is 0 Å². The molecule has 1 aliphatic heterocycles. The molecule has 101 heavy (non-hydrogen) atoms. The SMILES string of the molecule is CCCCC/C=C\C/C=C\CCCCCCCCC(O)(CCCCCCCC/C=C\C/C=C\CCCCC)CCCCN1CCOCC1.CCCCC/C=C\C/C=C\CCCCCCCCC(O)(CCCCCCCC/C=C\C/C=C\CCCCC)CCCCOS(=O)(=O)c1ccc(C)cc1. The lowest BCUT2D eigenvalue weighted by Crippen LogP contribution is -2.37. The fourth-order valence-corrected chi connectivity index (χ4v) is 14.6. The summed E-state index contributed by atoms with van der Waals surface area (Å²) in [5.41, 5.74) is -0.0987. The van der Waals surface area contributed by atoms with Gasteiger partial charge in [0.25, 0.3) is 10.1 Å². The highest BCUT2D eigenvalue weighted by Crippen LogP contribution is 2.31. The number of hydrogen-bond donors (Lipinski definition) is 2. The predicted octanol–water partition coefficient (Wildman–Crippen LogP) is 28.6. The van der Waals surface area contributed by atoms with E-state index < -0.39 is 21.3 Å². The second-order valence-corrected chi connectivity index (χ2v) is 31.9. The van der Waals surface area contributed by atoms with Crippen molar-refractivity contribution >= 4 is 10.1 Å². The number of benzene rings is 1. The van der Waals surface area contributed by atoms with Crippen LogP contribution in [0.15, 0.2) is 126 Å². The number of rotatable bonds is 72. The van der Waals surface area contributed by atoms with E-state index in [-0.39, 0.29) is 11.5 Å². The summed E-state index contributed by atoms with van der Waals surface area (Å²) < 4.78 is 36.0. The Morgan fingerprint density at radius 3 is 0.881 bits per heavy atom. The monoisotopic (exact) mass is 1420 g/mol. The van der Waals surface area contributed by atoms with Crippen LogP contribution in [0, 0.1) is 6.92 Å². The molecule has 0 amide bonds. The van der Waals surface area contributed by atoms with Gasteiger partial charge in [0.1, 0.15) is 0 Å². The molecule has 1 aromatic carbocycles. The van der Waals surface area contributed by atoms with Crippen LogP contribution in [-0.2, 0) is 19.0 Å². The molecule has 2 rings (SSSR count). The van der Waals surface area contributed by atoms with Gasteiger partial charge in [-0.05, 0) is 218 Å². The molecule has 7 nitrogen and oxygen atoms in total. The van der Waals surface area contributed by atoms with Crippen molar-refractivity contribution < 1.29 is 27.6 Å². The van der Waals surface area contributed by atoms with Crippen LogP contribution in [0.2, 0.25) is 0 Å². The molecule has 0 aliphatic carbocycles. The van der Waals surface area contributed by atoms with Gasteiger partial charge in [0.2, 0.25) is 0 Å². The lowest BCUT2D eigenvalue weighted by molar-refractivity contribution is 0.00454. The first-order valence-electron chi connectivity index (χ1n) is 43.4. The third-order valence-corrected chi connectivity index (χ3v) is 21.8. The van der Waals surface area contributed by atoms with Crippen LogP contribution in [0.4, 0.5) is 0 Å². The lowest BCUT2D eigenvalue weighted by Gasteiger charge is -2.30. The lowest BCUT2D eigenvalue weighted by atomic mass is 9.85. The molecule has 584 valence electrons. The van der Waals surface area contributed by atoms with E-state index in [2.05, 4.69) is 130 Å². The average molecular weight is 1430 g/mol. The van der Waals surface area contributed by atoms with Crippen molar-refractivity contribution in [2.75, 3.05) is 39.5 Å². The van der Waals surface area contributed by atoms with Gasteiger partial charge in [-0.1, -0.05) is 322 Å². The van der Waals surface area contributed by atoms with E-state index in [4.69, 9.17) is 8.92 Å². The summed E-state index contributed by atoms with van der Waals surface area (Å²) in [5, 5.41) is 23.4. The van der Waals surface area contributed by atoms with Gasteiger partial charge in [-0.2, -0.15) is 8.42 Å². The highest BCUT2D eigenvalue weighted by atomic mass is 32.2. The number of hydrogen-bond acceptors (Lipinski definition) is 7. The molecule has 1 heterocycles. The van der Waals surface area contributed by atoms with E-state index in [1.54, 1.807) is 24.3 Å². The Hall–Kier alpha value is -3.11. The Labute approximate surface area is 628 Å². The highest BCUT2D eigenvalue weighted by molar-refractivity contribution is 7.86. The summed E-state index contributed by atoms with van der Waals surface area (Å²) in [6.07, 6.45) is 106. The molecule has 2 N–H and O–H groups in total. The summed E-state index contributed by atoms with van der Waals surface area (Å²) in [5.74, 6) is 0. The molecule has 1 fully saturated rings. The van der Waals surface area contributed by atoms with Crippen molar-refractivity contribution in [3.05, 3.63) is 127 Å². The number of morpholine rings is 1. The maximum Gasteiger partial charge on any atom is 0.296 e. The molecule has 0 unspecified atom stereocenters. The summed E-state index contributed by atoms with van der Waals surface area (Å²) in [6.45, 7) is 16.2. The third kappa shape index (κ3) is 66.1. The largest absolute Gasteiger partial charge is 0.390 e. The Bertz CT molecular complexity index is 2160. The van der Waals surface area contributed by atoms with Crippen molar-refractivity contribution in [2.45, 2.75) is 423 Å². The second kappa shape index (κ2) is 73.8. The molecule has 1 saturated heterocycles. The minimum Gasteiger partial charge on any atom is -0.390 e. The Morgan fingerprint density at radius 2 is 0.594 bits per heavy atom. The Balaban J connectivity index is 0.00000101. The molecular weight excluding hydrogens is 1260 g/mol. The number of nitrogens with zero attached hydrogens (tertiary/aromatic N) is 1.